The van der Waals surface area contributed by atoms with Gasteiger partial charge in [-0.05, 0) is 0 Å². The van der Waals surface area contributed by atoms with E-state index in [0.29, 0.717) is 22.2 Å². The molecule has 6 N–H and O–H groups in total. The van der Waals surface area contributed by atoms with Gasteiger partial charge in [0, 0.05) is 12.1 Å². The van der Waals surface area contributed by atoms with Crippen LogP contribution >= 0.6 is 11.6 Å². The van der Waals surface area contributed by atoms with Crippen LogP contribution in [-0.4, -0.2) is 26.1 Å². The quantitative estimate of drug-likeness (QED) is 0.548. The third kappa shape index (κ3) is 3.42. The monoisotopic (exact) mass is 271 g/mol. The summed E-state index contributed by atoms with van der Waals surface area (Å²) in [5.74, 6) is 0.581. The van der Waals surface area contributed by atoms with Crippen LogP contribution in [-0.2, 0) is 0 Å². The summed E-state index contributed by atoms with van der Waals surface area (Å²) in [6, 6.07) is 3.12. The molecule has 0 atom stereocenters. The van der Waals surface area contributed by atoms with Gasteiger partial charge in [0.1, 0.15) is 17.2 Å². The van der Waals surface area contributed by atoms with Gasteiger partial charge in [0.15, 0.2) is 5.96 Å². The van der Waals surface area contributed by atoms with Crippen LogP contribution in [0, 0.1) is 0 Å². The number of hydrogen-bond acceptors (Lipinski definition) is 3. The summed E-state index contributed by atoms with van der Waals surface area (Å²) < 4.78 is 10.2. The zero-order chi connectivity index (χ0) is 13.7. The van der Waals surface area contributed by atoms with Crippen molar-refractivity contribution in [2.24, 2.45) is 27.2 Å². The van der Waals surface area contributed by atoms with Gasteiger partial charge in [-0.1, -0.05) is 11.6 Å². The molecule has 0 unspecified atom stereocenters. The van der Waals surface area contributed by atoms with Crippen LogP contribution in [0.3, 0.4) is 0 Å². The third-order valence-electron chi connectivity index (χ3n) is 1.93. The van der Waals surface area contributed by atoms with Crippen LogP contribution < -0.4 is 26.7 Å². The Kier molecular flexibility index (Phi) is 4.61. The molecule has 7 nitrogen and oxygen atoms in total. The summed E-state index contributed by atoms with van der Waals surface area (Å²) in [5, 5.41) is 0.397. The number of methoxy groups -OCH3 is 2. The highest BCUT2D eigenvalue weighted by atomic mass is 35.5. The van der Waals surface area contributed by atoms with Crippen LogP contribution in [0.25, 0.3) is 0 Å². The molecule has 0 amide bonds. The number of benzene rings is 1. The van der Waals surface area contributed by atoms with Crippen molar-refractivity contribution < 1.29 is 9.47 Å². The van der Waals surface area contributed by atoms with Gasteiger partial charge in [0.2, 0.25) is 5.96 Å². The van der Waals surface area contributed by atoms with Crippen molar-refractivity contribution in [1.29, 1.82) is 0 Å². The van der Waals surface area contributed by atoms with Crippen molar-refractivity contribution in [3.8, 4) is 11.5 Å². The van der Waals surface area contributed by atoms with Crippen LogP contribution in [0.5, 0.6) is 11.5 Å². The Morgan fingerprint density at radius 3 is 2.22 bits per heavy atom. The zero-order valence-electron chi connectivity index (χ0n) is 9.98. The van der Waals surface area contributed by atoms with E-state index in [0.717, 1.165) is 0 Å². The molecule has 8 heteroatoms. The first-order valence-electron chi connectivity index (χ1n) is 4.83. The summed E-state index contributed by atoms with van der Waals surface area (Å²) in [6.45, 7) is 0. The van der Waals surface area contributed by atoms with E-state index < -0.39 is 0 Å². The van der Waals surface area contributed by atoms with Gasteiger partial charge >= 0.3 is 0 Å². The molecule has 98 valence electrons. The number of hydrogen-bond donors (Lipinski definition) is 3. The largest absolute Gasteiger partial charge is 0.495 e. The minimum Gasteiger partial charge on any atom is -0.495 e. The maximum Gasteiger partial charge on any atom is 0.223 e. The number of ether oxygens (including phenoxy) is 2. The summed E-state index contributed by atoms with van der Waals surface area (Å²) in [5.41, 5.74) is 16.3. The van der Waals surface area contributed by atoms with Crippen molar-refractivity contribution >= 4 is 29.2 Å². The summed E-state index contributed by atoms with van der Waals surface area (Å²) in [4.78, 5) is 7.60. The Hall–Kier alpha value is -2.15. The highest BCUT2D eigenvalue weighted by Gasteiger charge is 2.09. The fourth-order valence-corrected chi connectivity index (χ4v) is 1.44. The molecular formula is C10H14ClN5O2. The molecule has 0 bridgehead atoms. The Balaban J connectivity index is 3.26. The first kappa shape index (κ1) is 13.9. The molecule has 0 aliphatic rings. The molecule has 0 saturated carbocycles. The first-order valence-corrected chi connectivity index (χ1v) is 5.21. The lowest BCUT2D eigenvalue weighted by Gasteiger charge is -2.09. The number of rotatable bonds is 3. The average Bonchev–Trinajstić information content (AvgIpc) is 2.29. The van der Waals surface area contributed by atoms with Crippen molar-refractivity contribution in [1.82, 2.24) is 0 Å². The molecule has 0 spiro atoms. The standard InChI is InChI=1S/C10H14ClN5O2/c1-17-7-4-6(8(18-2)3-5(7)11)15-10(14)16-9(12)13/h3-4H,1-2H3,(H6,12,13,14,15,16). The van der Waals surface area contributed by atoms with E-state index in [9.17, 15) is 0 Å². The average molecular weight is 272 g/mol. The maximum absolute atomic E-state index is 5.95. The number of halogens is 1. The van der Waals surface area contributed by atoms with Crippen LogP contribution in [0.4, 0.5) is 5.69 Å². The van der Waals surface area contributed by atoms with Crippen LogP contribution in [0.2, 0.25) is 5.02 Å². The fraction of sp³-hybridized carbons (Fsp3) is 0.200. The Labute approximate surface area is 109 Å². The Morgan fingerprint density at radius 1 is 1.11 bits per heavy atom. The van der Waals surface area contributed by atoms with E-state index >= 15 is 0 Å². The second kappa shape index (κ2) is 5.97. The molecule has 0 radical (unpaired) electrons. The molecule has 0 aliphatic heterocycles. The molecule has 0 heterocycles. The minimum atomic E-state index is -0.184. The predicted molar refractivity (Wildman–Crippen MR) is 71.6 cm³/mol. The van der Waals surface area contributed by atoms with Gasteiger partial charge in [-0.3, -0.25) is 0 Å². The summed E-state index contributed by atoms with van der Waals surface area (Å²) >= 11 is 5.95. The Morgan fingerprint density at radius 2 is 1.72 bits per heavy atom. The SMILES string of the molecule is COc1cc(N=C(N)N=C(N)N)c(OC)cc1Cl. The molecule has 0 aliphatic carbocycles. The highest BCUT2D eigenvalue weighted by Crippen LogP contribution is 2.37. The molecule has 1 rings (SSSR count). The lowest BCUT2D eigenvalue weighted by atomic mass is 10.2. The number of nitrogens with two attached hydrogens (primary N) is 3. The number of nitrogens with zero attached hydrogens (tertiary/aromatic N) is 2. The van der Waals surface area contributed by atoms with Gasteiger partial charge in [0.25, 0.3) is 0 Å². The van der Waals surface area contributed by atoms with E-state index in [1.54, 1.807) is 12.1 Å². The molecule has 1 aromatic rings. The van der Waals surface area contributed by atoms with E-state index in [1.807, 2.05) is 0 Å². The fourth-order valence-electron chi connectivity index (χ4n) is 1.21. The van der Waals surface area contributed by atoms with Crippen LogP contribution in [0.1, 0.15) is 0 Å². The minimum absolute atomic E-state index is 0.0994. The van der Waals surface area contributed by atoms with Crippen molar-refractivity contribution in [3.05, 3.63) is 17.2 Å². The normalized spacial score (nSPS) is 10.9. The van der Waals surface area contributed by atoms with Gasteiger partial charge in [-0.2, -0.15) is 4.99 Å². The highest BCUT2D eigenvalue weighted by molar-refractivity contribution is 6.32. The Bertz CT molecular complexity index is 497. The second-order valence-electron chi connectivity index (χ2n) is 3.17. The van der Waals surface area contributed by atoms with E-state index in [4.69, 9.17) is 38.3 Å². The van der Waals surface area contributed by atoms with E-state index in [-0.39, 0.29) is 11.9 Å². The summed E-state index contributed by atoms with van der Waals surface area (Å²) in [7, 11) is 2.97. The van der Waals surface area contributed by atoms with Gasteiger partial charge in [-0.25, -0.2) is 4.99 Å². The zero-order valence-corrected chi connectivity index (χ0v) is 10.7. The molecule has 1 aromatic carbocycles. The number of aliphatic imine (C=N–C) groups is 2. The predicted octanol–water partition coefficient (Wildman–Crippen LogP) is 0.577. The molecule has 0 aromatic heterocycles. The molecule has 0 fully saturated rings. The van der Waals surface area contributed by atoms with Crippen molar-refractivity contribution in [2.45, 2.75) is 0 Å². The third-order valence-corrected chi connectivity index (χ3v) is 2.23. The maximum atomic E-state index is 5.95. The van der Waals surface area contributed by atoms with Crippen LogP contribution in [0.15, 0.2) is 22.1 Å². The van der Waals surface area contributed by atoms with E-state index in [2.05, 4.69) is 9.98 Å². The van der Waals surface area contributed by atoms with Crippen molar-refractivity contribution in [2.75, 3.05) is 14.2 Å². The van der Waals surface area contributed by atoms with Gasteiger partial charge in [0.05, 0.1) is 19.2 Å². The van der Waals surface area contributed by atoms with Crippen molar-refractivity contribution in [3.63, 3.8) is 0 Å². The molecule has 0 saturated heterocycles. The van der Waals surface area contributed by atoms with Gasteiger partial charge in [-0.15, -0.1) is 0 Å². The second-order valence-corrected chi connectivity index (χ2v) is 3.57. The van der Waals surface area contributed by atoms with E-state index in [1.165, 1.54) is 14.2 Å². The first-order chi connectivity index (χ1) is 8.47. The summed E-state index contributed by atoms with van der Waals surface area (Å²) in [6.07, 6.45) is 0. The van der Waals surface area contributed by atoms with Gasteiger partial charge < -0.3 is 26.7 Å². The number of guanidine groups is 2. The smallest absolute Gasteiger partial charge is 0.223 e. The molecule has 18 heavy (non-hydrogen) atoms. The topological polar surface area (TPSA) is 121 Å². The molecular weight excluding hydrogens is 258 g/mol. The lowest BCUT2D eigenvalue weighted by Crippen LogP contribution is -2.26. The lowest BCUT2D eigenvalue weighted by molar-refractivity contribution is 0.404.